The van der Waals surface area contributed by atoms with Gasteiger partial charge in [0.15, 0.2) is 5.76 Å². The van der Waals surface area contributed by atoms with Crippen LogP contribution in [0.5, 0.6) is 0 Å². The lowest BCUT2D eigenvalue weighted by Gasteiger charge is -2.36. The fourth-order valence-corrected chi connectivity index (χ4v) is 3.83. The number of carbonyl (C=O) groups is 2. The Kier molecular flexibility index (Phi) is 7.67. The second-order valence-electron chi connectivity index (χ2n) is 7.93. The Morgan fingerprint density at radius 2 is 2.08 bits per heavy atom. The third-order valence-corrected chi connectivity index (χ3v) is 5.47. The standard InChI is InChI=1S/C22H19F3N6O3.CH2O2/c23-22(24,25)12-34-15-8-14(9-15)31-20(13-10-27-28-11-13)19(29-21(32)17-5-3-7-33-17)18(30-31)16-4-1-2-6-26-16;2-1-3/h1-7,10-11,14-15H,8-9,12H2,(H,27,28)(H,29,32);1H,(H,2,3)/t14-,15+;. The SMILES string of the molecule is O=C(Nc1c(-c2ccccn2)nn([C@H]2C[C@@H](OCC(F)(F)F)C2)c1-c1cn[nH]c1)c1ccco1.O=CO. The quantitative estimate of drug-likeness (QED) is 0.309. The van der Waals surface area contributed by atoms with Crippen molar-refractivity contribution in [2.75, 3.05) is 11.9 Å². The number of pyridine rings is 1. The largest absolute Gasteiger partial charge is 0.483 e. The number of aromatic nitrogens is 5. The minimum atomic E-state index is -4.38. The Morgan fingerprint density at radius 3 is 2.68 bits per heavy atom. The highest BCUT2D eigenvalue weighted by Crippen LogP contribution is 2.43. The molecule has 3 N–H and O–H groups in total. The molecule has 1 fully saturated rings. The molecule has 4 heterocycles. The van der Waals surface area contributed by atoms with Gasteiger partial charge >= 0.3 is 6.18 Å². The van der Waals surface area contributed by atoms with Crippen molar-refractivity contribution in [3.8, 4) is 22.6 Å². The van der Waals surface area contributed by atoms with E-state index in [4.69, 9.17) is 24.2 Å². The predicted molar refractivity (Wildman–Crippen MR) is 122 cm³/mol. The molecule has 0 bridgehead atoms. The van der Waals surface area contributed by atoms with E-state index in [-0.39, 0.29) is 18.3 Å². The summed E-state index contributed by atoms with van der Waals surface area (Å²) >= 11 is 0. The van der Waals surface area contributed by atoms with E-state index in [2.05, 4.69) is 20.5 Å². The van der Waals surface area contributed by atoms with Crippen LogP contribution >= 0.6 is 0 Å². The van der Waals surface area contributed by atoms with Crippen LogP contribution in [0.1, 0.15) is 29.4 Å². The van der Waals surface area contributed by atoms with E-state index in [9.17, 15) is 18.0 Å². The molecule has 1 amide bonds. The molecule has 194 valence electrons. The first kappa shape index (κ1) is 25.6. The van der Waals surface area contributed by atoms with Crippen molar-refractivity contribution in [1.82, 2.24) is 25.0 Å². The number of halogens is 3. The average Bonchev–Trinajstić information content (AvgIpc) is 3.60. The highest BCUT2D eigenvalue weighted by molar-refractivity contribution is 6.06. The Hall–Kier alpha value is -4.46. The number of aromatic amines is 1. The van der Waals surface area contributed by atoms with Crippen LogP contribution < -0.4 is 5.32 Å². The molecule has 0 saturated heterocycles. The van der Waals surface area contributed by atoms with Crippen molar-refractivity contribution in [2.45, 2.75) is 31.2 Å². The van der Waals surface area contributed by atoms with E-state index < -0.39 is 24.8 Å². The van der Waals surface area contributed by atoms with Crippen LogP contribution in [-0.2, 0) is 9.53 Å². The Morgan fingerprint density at radius 1 is 1.30 bits per heavy atom. The summed E-state index contributed by atoms with van der Waals surface area (Å²) in [5, 5.41) is 21.2. The van der Waals surface area contributed by atoms with Gasteiger partial charge < -0.3 is 19.6 Å². The molecule has 5 rings (SSSR count). The van der Waals surface area contributed by atoms with Gasteiger partial charge in [-0.2, -0.15) is 23.4 Å². The minimum Gasteiger partial charge on any atom is -0.483 e. The number of rotatable bonds is 7. The summed E-state index contributed by atoms with van der Waals surface area (Å²) < 4.78 is 49.5. The maximum atomic E-state index is 12.9. The van der Waals surface area contributed by atoms with Gasteiger partial charge in [0.25, 0.3) is 12.4 Å². The monoisotopic (exact) mass is 518 g/mol. The summed E-state index contributed by atoms with van der Waals surface area (Å²) in [5.41, 5.74) is 2.51. The molecular weight excluding hydrogens is 497 g/mol. The van der Waals surface area contributed by atoms with Gasteiger partial charge in [0.2, 0.25) is 0 Å². The van der Waals surface area contributed by atoms with Crippen molar-refractivity contribution in [2.24, 2.45) is 0 Å². The van der Waals surface area contributed by atoms with Crippen molar-refractivity contribution in [3.05, 3.63) is 60.9 Å². The summed E-state index contributed by atoms with van der Waals surface area (Å²) in [5.74, 6) is -0.367. The van der Waals surface area contributed by atoms with Crippen LogP contribution in [0.4, 0.5) is 18.9 Å². The molecule has 0 atom stereocenters. The van der Waals surface area contributed by atoms with E-state index >= 15 is 0 Å². The van der Waals surface area contributed by atoms with E-state index in [1.165, 1.54) is 12.3 Å². The molecular formula is C23H21F3N6O5. The van der Waals surface area contributed by atoms with Crippen LogP contribution in [0.3, 0.4) is 0 Å². The lowest BCUT2D eigenvalue weighted by molar-refractivity contribution is -0.196. The summed E-state index contributed by atoms with van der Waals surface area (Å²) in [6, 6.07) is 8.20. The number of amides is 1. The molecule has 0 radical (unpaired) electrons. The van der Waals surface area contributed by atoms with E-state index in [1.54, 1.807) is 47.5 Å². The smallest absolute Gasteiger partial charge is 0.411 e. The fourth-order valence-electron chi connectivity index (χ4n) is 3.83. The van der Waals surface area contributed by atoms with Gasteiger partial charge in [0, 0.05) is 18.0 Å². The second-order valence-corrected chi connectivity index (χ2v) is 7.93. The molecule has 1 saturated carbocycles. The number of nitrogens with one attached hydrogen (secondary N) is 2. The second kappa shape index (κ2) is 11.1. The Labute approximate surface area is 207 Å². The van der Waals surface area contributed by atoms with Gasteiger partial charge in [0.1, 0.15) is 12.3 Å². The third kappa shape index (κ3) is 6.03. The summed E-state index contributed by atoms with van der Waals surface area (Å²) in [6.45, 7) is -1.54. The number of furan rings is 1. The fraction of sp³-hybridized carbons (Fsp3) is 0.261. The Bertz CT molecular complexity index is 1300. The van der Waals surface area contributed by atoms with Crippen LogP contribution in [0, 0.1) is 0 Å². The molecule has 4 aromatic rings. The normalized spacial score (nSPS) is 16.8. The molecule has 1 aliphatic rings. The zero-order valence-corrected chi connectivity index (χ0v) is 19.1. The molecule has 0 spiro atoms. The molecule has 0 unspecified atom stereocenters. The van der Waals surface area contributed by atoms with E-state index in [1.807, 2.05) is 0 Å². The third-order valence-electron chi connectivity index (χ3n) is 5.47. The highest BCUT2D eigenvalue weighted by Gasteiger charge is 2.38. The van der Waals surface area contributed by atoms with E-state index in [0.29, 0.717) is 41.2 Å². The number of ether oxygens (including phenoxy) is 1. The lowest BCUT2D eigenvalue weighted by Crippen LogP contribution is -2.36. The molecule has 0 aromatic carbocycles. The molecule has 11 nitrogen and oxygen atoms in total. The number of alkyl halides is 3. The molecule has 4 aromatic heterocycles. The summed E-state index contributed by atoms with van der Waals surface area (Å²) in [4.78, 5) is 25.6. The average molecular weight is 518 g/mol. The zero-order valence-electron chi connectivity index (χ0n) is 19.1. The number of anilines is 1. The minimum absolute atomic E-state index is 0.113. The van der Waals surface area contributed by atoms with Gasteiger partial charge in [0.05, 0.1) is 41.7 Å². The molecule has 14 heteroatoms. The Balaban J connectivity index is 0.00000102. The van der Waals surface area contributed by atoms with Crippen molar-refractivity contribution in [1.29, 1.82) is 0 Å². The first-order valence-corrected chi connectivity index (χ1v) is 10.9. The summed E-state index contributed by atoms with van der Waals surface area (Å²) in [6.07, 6.45) is 1.99. The molecule has 0 aliphatic heterocycles. The highest BCUT2D eigenvalue weighted by atomic mass is 19.4. The van der Waals surface area contributed by atoms with Gasteiger partial charge in [-0.1, -0.05) is 6.07 Å². The van der Waals surface area contributed by atoms with Crippen molar-refractivity contribution in [3.63, 3.8) is 0 Å². The number of carbonyl (C=O) groups excluding carboxylic acids is 1. The molecule has 37 heavy (non-hydrogen) atoms. The van der Waals surface area contributed by atoms with Crippen molar-refractivity contribution >= 4 is 18.1 Å². The topological polar surface area (TPSA) is 148 Å². The van der Waals surface area contributed by atoms with Crippen LogP contribution in [0.15, 0.2) is 59.6 Å². The van der Waals surface area contributed by atoms with Gasteiger partial charge in [-0.05, 0) is 37.1 Å². The number of nitrogens with zero attached hydrogens (tertiary/aromatic N) is 4. The summed E-state index contributed by atoms with van der Waals surface area (Å²) in [7, 11) is 0. The van der Waals surface area contributed by atoms with Crippen LogP contribution in [0.2, 0.25) is 0 Å². The van der Waals surface area contributed by atoms with Crippen molar-refractivity contribution < 1.29 is 37.0 Å². The van der Waals surface area contributed by atoms with E-state index in [0.717, 1.165) is 0 Å². The lowest BCUT2D eigenvalue weighted by atomic mass is 9.89. The van der Waals surface area contributed by atoms with Gasteiger partial charge in [-0.25, -0.2) is 0 Å². The van der Waals surface area contributed by atoms with Gasteiger partial charge in [-0.3, -0.25) is 24.4 Å². The maximum Gasteiger partial charge on any atom is 0.411 e. The predicted octanol–water partition coefficient (Wildman–Crippen LogP) is 4.16. The maximum absolute atomic E-state index is 12.9. The first-order chi connectivity index (χ1) is 17.8. The van der Waals surface area contributed by atoms with Crippen LogP contribution in [-0.4, -0.2) is 61.3 Å². The first-order valence-electron chi connectivity index (χ1n) is 10.9. The van der Waals surface area contributed by atoms with Crippen LogP contribution in [0.25, 0.3) is 22.6 Å². The number of hydrogen-bond acceptors (Lipinski definition) is 7. The zero-order chi connectivity index (χ0) is 26.4. The number of hydrogen-bond donors (Lipinski definition) is 3. The number of carboxylic acid groups (broad SMARTS) is 1. The number of H-pyrrole nitrogens is 1. The molecule has 1 aliphatic carbocycles. The van der Waals surface area contributed by atoms with Gasteiger partial charge in [-0.15, -0.1) is 0 Å².